The molecule has 0 aliphatic carbocycles. The molecule has 0 spiro atoms. The van der Waals surface area contributed by atoms with Gasteiger partial charge in [-0.3, -0.25) is 0 Å². The lowest BCUT2D eigenvalue weighted by atomic mass is 10.4. The molecule has 0 unspecified atom stereocenters. The maximum atomic E-state index is 9.34. The van der Waals surface area contributed by atoms with Gasteiger partial charge in [-0.15, -0.1) is 11.6 Å². The maximum Gasteiger partial charge on any atom is 0.182 e. The quantitative estimate of drug-likeness (QED) is 0.386. The van der Waals surface area contributed by atoms with Gasteiger partial charge < -0.3 is 4.80 Å². The zero-order chi connectivity index (χ0) is 7.33. The summed E-state index contributed by atoms with van der Waals surface area (Å²) in [5, 5.41) is 0. The van der Waals surface area contributed by atoms with E-state index in [1.54, 1.807) is 0 Å². The third-order valence-corrected chi connectivity index (χ3v) is 3.02. The van der Waals surface area contributed by atoms with Crippen LogP contribution in [-0.2, 0) is 0 Å². The van der Waals surface area contributed by atoms with Gasteiger partial charge in [0.05, 0.1) is 0 Å². The molecule has 1 N–H and O–H groups in total. The predicted molar refractivity (Wildman–Crippen MR) is 44.5 cm³/mol. The van der Waals surface area contributed by atoms with Gasteiger partial charge in [0.25, 0.3) is 0 Å². The molecule has 0 amide bonds. The van der Waals surface area contributed by atoms with Crippen LogP contribution in [0.2, 0.25) is 19.1 Å². The Labute approximate surface area is 63.2 Å². The van der Waals surface area contributed by atoms with E-state index in [0.717, 1.165) is 24.8 Å². The summed E-state index contributed by atoms with van der Waals surface area (Å²) in [6.07, 6.45) is 2.12. The molecule has 9 heavy (non-hydrogen) atoms. The number of hydrogen-bond acceptors (Lipinski definition) is 1. The average molecular weight is 167 g/mol. The molecule has 0 aromatic rings. The second-order valence-electron chi connectivity index (χ2n) is 2.96. The maximum absolute atomic E-state index is 9.34. The zero-order valence-corrected chi connectivity index (χ0v) is 7.91. The van der Waals surface area contributed by atoms with E-state index >= 15 is 0 Å². The van der Waals surface area contributed by atoms with E-state index in [1.807, 2.05) is 13.1 Å². The van der Waals surface area contributed by atoms with E-state index in [1.165, 1.54) is 0 Å². The fourth-order valence-electron chi connectivity index (χ4n) is 0.652. The van der Waals surface area contributed by atoms with E-state index in [2.05, 4.69) is 0 Å². The van der Waals surface area contributed by atoms with Crippen LogP contribution in [0.4, 0.5) is 0 Å². The molecular formula is C6H15ClOSi. The van der Waals surface area contributed by atoms with Crippen LogP contribution in [0, 0.1) is 0 Å². The predicted octanol–water partition coefficient (Wildman–Crippen LogP) is 2.20. The monoisotopic (exact) mass is 166 g/mol. The number of alkyl halides is 1. The summed E-state index contributed by atoms with van der Waals surface area (Å²) in [5.74, 6) is 0.727. The Morgan fingerprint density at radius 2 is 1.89 bits per heavy atom. The summed E-state index contributed by atoms with van der Waals surface area (Å²) in [6, 6.07) is 0.986. The summed E-state index contributed by atoms with van der Waals surface area (Å²) in [6.45, 7) is 3.92. The molecule has 0 saturated carbocycles. The van der Waals surface area contributed by atoms with Gasteiger partial charge in [-0.1, -0.05) is 6.42 Å². The molecule has 3 heteroatoms. The van der Waals surface area contributed by atoms with Gasteiger partial charge in [-0.05, 0) is 25.6 Å². The minimum absolute atomic E-state index is 0.727. The lowest BCUT2D eigenvalue weighted by Crippen LogP contribution is -2.23. The summed E-state index contributed by atoms with van der Waals surface area (Å²) < 4.78 is 0. The number of rotatable bonds is 4. The summed E-state index contributed by atoms with van der Waals surface area (Å²) in [4.78, 5) is 9.34. The van der Waals surface area contributed by atoms with Gasteiger partial charge >= 0.3 is 0 Å². The lowest BCUT2D eigenvalue weighted by Gasteiger charge is -2.11. The van der Waals surface area contributed by atoms with Crippen molar-refractivity contribution in [1.82, 2.24) is 0 Å². The zero-order valence-electron chi connectivity index (χ0n) is 6.15. The molecule has 0 radical (unpaired) electrons. The van der Waals surface area contributed by atoms with Crippen molar-refractivity contribution in [2.75, 3.05) is 5.88 Å². The second-order valence-corrected chi connectivity index (χ2v) is 7.46. The van der Waals surface area contributed by atoms with E-state index in [-0.39, 0.29) is 0 Å². The first-order chi connectivity index (χ1) is 4.06. The standard InChI is InChI=1S/C6H15ClOSi/c1-9(2,8)6-4-3-5-7/h8H,3-6H2,1-2H3. The van der Waals surface area contributed by atoms with Crippen molar-refractivity contribution in [3.8, 4) is 0 Å². The van der Waals surface area contributed by atoms with E-state index < -0.39 is 8.32 Å². The van der Waals surface area contributed by atoms with Crippen molar-refractivity contribution in [2.45, 2.75) is 32.0 Å². The van der Waals surface area contributed by atoms with Gasteiger partial charge in [0.1, 0.15) is 0 Å². The first kappa shape index (κ1) is 9.47. The average Bonchev–Trinajstić information content (AvgIpc) is 1.63. The van der Waals surface area contributed by atoms with Gasteiger partial charge in [0, 0.05) is 5.88 Å². The smallest absolute Gasteiger partial charge is 0.182 e. The molecule has 0 heterocycles. The molecule has 0 aliphatic rings. The van der Waals surface area contributed by atoms with Crippen molar-refractivity contribution in [3.05, 3.63) is 0 Å². The van der Waals surface area contributed by atoms with E-state index in [0.29, 0.717) is 0 Å². The topological polar surface area (TPSA) is 20.2 Å². The second kappa shape index (κ2) is 4.31. The van der Waals surface area contributed by atoms with Crippen LogP contribution >= 0.6 is 11.6 Å². The number of hydrogen-bond donors (Lipinski definition) is 1. The molecule has 0 aromatic heterocycles. The van der Waals surface area contributed by atoms with Crippen LogP contribution in [0.25, 0.3) is 0 Å². The van der Waals surface area contributed by atoms with Crippen LogP contribution in [0.5, 0.6) is 0 Å². The highest BCUT2D eigenvalue weighted by atomic mass is 35.5. The Kier molecular flexibility index (Phi) is 4.53. The van der Waals surface area contributed by atoms with Crippen molar-refractivity contribution in [3.63, 3.8) is 0 Å². The van der Waals surface area contributed by atoms with Crippen LogP contribution in [0.15, 0.2) is 0 Å². The Morgan fingerprint density at radius 3 is 2.22 bits per heavy atom. The van der Waals surface area contributed by atoms with Crippen molar-refractivity contribution < 1.29 is 4.80 Å². The minimum Gasteiger partial charge on any atom is -0.432 e. The van der Waals surface area contributed by atoms with E-state index in [9.17, 15) is 4.80 Å². The summed E-state index contributed by atoms with van der Waals surface area (Å²) >= 11 is 5.46. The SMILES string of the molecule is C[Si](C)(O)CCCCCl. The fraction of sp³-hybridized carbons (Fsp3) is 1.00. The molecule has 0 fully saturated rings. The third kappa shape index (κ3) is 8.47. The molecule has 0 bridgehead atoms. The molecule has 0 saturated heterocycles. The Bertz CT molecular complexity index is 69.9. The first-order valence-corrected chi connectivity index (χ1v) is 7.03. The largest absolute Gasteiger partial charge is 0.432 e. The fourth-order valence-corrected chi connectivity index (χ4v) is 1.96. The normalized spacial score (nSPS) is 12.0. The highest BCUT2D eigenvalue weighted by Gasteiger charge is 2.14. The molecule has 0 atom stereocenters. The van der Waals surface area contributed by atoms with Crippen LogP contribution < -0.4 is 0 Å². The van der Waals surface area contributed by atoms with Crippen LogP contribution in [-0.4, -0.2) is 19.0 Å². The lowest BCUT2D eigenvalue weighted by molar-refractivity contribution is 0.543. The highest BCUT2D eigenvalue weighted by molar-refractivity contribution is 6.69. The van der Waals surface area contributed by atoms with Crippen molar-refractivity contribution >= 4 is 19.9 Å². The molecule has 0 aromatic carbocycles. The summed E-state index contributed by atoms with van der Waals surface area (Å²) in [5.41, 5.74) is 0. The number of halogens is 1. The van der Waals surface area contributed by atoms with Gasteiger partial charge in [-0.2, -0.15) is 0 Å². The van der Waals surface area contributed by atoms with Gasteiger partial charge in [0.2, 0.25) is 0 Å². The molecule has 0 rings (SSSR count). The van der Waals surface area contributed by atoms with Crippen LogP contribution in [0.3, 0.4) is 0 Å². The first-order valence-electron chi connectivity index (χ1n) is 3.34. The molecule has 56 valence electrons. The van der Waals surface area contributed by atoms with Crippen molar-refractivity contribution in [1.29, 1.82) is 0 Å². The van der Waals surface area contributed by atoms with E-state index in [4.69, 9.17) is 11.6 Å². The minimum atomic E-state index is -1.75. The molecule has 1 nitrogen and oxygen atoms in total. The van der Waals surface area contributed by atoms with Crippen LogP contribution in [0.1, 0.15) is 12.8 Å². The summed E-state index contributed by atoms with van der Waals surface area (Å²) in [7, 11) is -1.75. The Morgan fingerprint density at radius 1 is 1.33 bits per heavy atom. The highest BCUT2D eigenvalue weighted by Crippen LogP contribution is 2.09. The number of unbranched alkanes of at least 4 members (excludes halogenated alkanes) is 1. The molecular weight excluding hydrogens is 152 g/mol. The van der Waals surface area contributed by atoms with Crippen molar-refractivity contribution in [2.24, 2.45) is 0 Å². The Balaban J connectivity index is 3.07. The molecule has 0 aliphatic heterocycles. The third-order valence-electron chi connectivity index (χ3n) is 1.17. The Hall–Kier alpha value is 0.467. The van der Waals surface area contributed by atoms with Gasteiger partial charge in [-0.25, -0.2) is 0 Å². The van der Waals surface area contributed by atoms with Gasteiger partial charge in [0.15, 0.2) is 8.32 Å².